The second-order valence-corrected chi connectivity index (χ2v) is 9.99. The van der Waals surface area contributed by atoms with Crippen LogP contribution >= 0.6 is 34.5 Å². The van der Waals surface area contributed by atoms with Gasteiger partial charge in [-0.2, -0.15) is 0 Å². The largest absolute Gasteiger partial charge is 0.496 e. The van der Waals surface area contributed by atoms with Crippen LogP contribution in [0, 0.1) is 0 Å². The first-order valence-electron chi connectivity index (χ1n) is 7.69. The van der Waals surface area contributed by atoms with Gasteiger partial charge in [0.25, 0.3) is 10.0 Å². The Bertz CT molecular complexity index is 929. The number of rotatable bonds is 5. The van der Waals surface area contributed by atoms with Gasteiger partial charge in [0.15, 0.2) is 0 Å². The summed E-state index contributed by atoms with van der Waals surface area (Å²) in [6.45, 7) is 0.451. The van der Waals surface area contributed by atoms with Crippen molar-refractivity contribution < 1.29 is 17.9 Å². The Labute approximate surface area is 166 Å². The number of ether oxygens (including phenoxy) is 2. The standard InChI is InChI=1S/C16H18Cl2N2O4S2/c1-20(2)9-6-10-12(23-3)5-4-11(15(10)24-8-9)19-26(21,22)13-7-14(17)25-16(13)18/h4-5,7,9,19H,6,8H2,1-3H3/t9-/m1/s1. The molecule has 1 aromatic heterocycles. The average Bonchev–Trinajstić information content (AvgIpc) is 2.93. The summed E-state index contributed by atoms with van der Waals surface area (Å²) < 4.78 is 39.7. The van der Waals surface area contributed by atoms with Crippen LogP contribution < -0.4 is 14.2 Å². The number of hydrogen-bond acceptors (Lipinski definition) is 6. The molecule has 142 valence electrons. The second-order valence-electron chi connectivity index (χ2n) is 6.05. The molecule has 0 fully saturated rings. The molecule has 1 atom stereocenters. The zero-order valence-corrected chi connectivity index (χ0v) is 17.5. The molecule has 2 aromatic rings. The molecule has 6 nitrogen and oxygen atoms in total. The maximum absolute atomic E-state index is 12.7. The molecule has 1 N–H and O–H groups in total. The molecule has 0 saturated carbocycles. The monoisotopic (exact) mass is 436 g/mol. The molecule has 1 aromatic carbocycles. The first-order chi connectivity index (χ1) is 12.2. The lowest BCUT2D eigenvalue weighted by atomic mass is 10.00. The predicted octanol–water partition coefficient (Wildman–Crippen LogP) is 3.73. The van der Waals surface area contributed by atoms with Crippen molar-refractivity contribution in [2.75, 3.05) is 32.5 Å². The Kier molecular flexibility index (Phi) is 5.60. The van der Waals surface area contributed by atoms with E-state index in [-0.39, 0.29) is 15.3 Å². The van der Waals surface area contributed by atoms with Crippen molar-refractivity contribution in [3.8, 4) is 11.5 Å². The van der Waals surface area contributed by atoms with E-state index < -0.39 is 10.0 Å². The minimum absolute atomic E-state index is 0.0549. The van der Waals surface area contributed by atoms with Crippen molar-refractivity contribution in [1.82, 2.24) is 4.90 Å². The molecule has 2 heterocycles. The van der Waals surface area contributed by atoms with Crippen LogP contribution in [0.4, 0.5) is 5.69 Å². The topological polar surface area (TPSA) is 67.9 Å². The van der Waals surface area contributed by atoms with E-state index in [2.05, 4.69) is 9.62 Å². The van der Waals surface area contributed by atoms with Gasteiger partial charge in [0.1, 0.15) is 27.3 Å². The van der Waals surface area contributed by atoms with Gasteiger partial charge in [0.2, 0.25) is 0 Å². The van der Waals surface area contributed by atoms with Gasteiger partial charge in [0, 0.05) is 11.6 Å². The van der Waals surface area contributed by atoms with Crippen molar-refractivity contribution in [3.63, 3.8) is 0 Å². The number of likely N-dealkylation sites (N-methyl/N-ethyl adjacent to an activating group) is 1. The van der Waals surface area contributed by atoms with Gasteiger partial charge in [-0.15, -0.1) is 11.3 Å². The molecule has 26 heavy (non-hydrogen) atoms. The maximum atomic E-state index is 12.7. The van der Waals surface area contributed by atoms with E-state index in [0.29, 0.717) is 34.6 Å². The van der Waals surface area contributed by atoms with Crippen LogP contribution in [0.25, 0.3) is 0 Å². The number of nitrogens with one attached hydrogen (secondary N) is 1. The van der Waals surface area contributed by atoms with E-state index in [9.17, 15) is 8.42 Å². The highest BCUT2D eigenvalue weighted by atomic mass is 35.5. The molecule has 0 bridgehead atoms. The Morgan fingerprint density at radius 2 is 2.08 bits per heavy atom. The van der Waals surface area contributed by atoms with E-state index in [4.69, 9.17) is 32.7 Å². The quantitative estimate of drug-likeness (QED) is 0.772. The summed E-state index contributed by atoms with van der Waals surface area (Å²) >= 11 is 12.9. The number of sulfonamides is 1. The van der Waals surface area contributed by atoms with Gasteiger partial charge in [-0.3, -0.25) is 4.72 Å². The maximum Gasteiger partial charge on any atom is 0.264 e. The first kappa shape index (κ1) is 19.6. The third-order valence-corrected chi connectivity index (χ3v) is 7.31. The Morgan fingerprint density at radius 1 is 1.35 bits per heavy atom. The van der Waals surface area contributed by atoms with Crippen molar-refractivity contribution in [2.24, 2.45) is 0 Å². The molecule has 0 spiro atoms. The molecule has 10 heteroatoms. The van der Waals surface area contributed by atoms with Gasteiger partial charge in [0.05, 0.1) is 17.1 Å². The molecular weight excluding hydrogens is 419 g/mol. The Hall–Kier alpha value is -1.19. The second kappa shape index (κ2) is 7.44. The first-order valence-corrected chi connectivity index (χ1v) is 10.7. The fourth-order valence-corrected chi connectivity index (χ4v) is 5.97. The molecule has 0 aliphatic carbocycles. The van der Waals surface area contributed by atoms with Crippen LogP contribution in [0.1, 0.15) is 5.56 Å². The number of methoxy groups -OCH3 is 1. The Morgan fingerprint density at radius 3 is 2.65 bits per heavy atom. The van der Waals surface area contributed by atoms with Gasteiger partial charge < -0.3 is 14.4 Å². The van der Waals surface area contributed by atoms with Crippen LogP contribution in [0.2, 0.25) is 8.67 Å². The normalized spacial score (nSPS) is 16.9. The number of fused-ring (bicyclic) bond motifs is 1. The van der Waals surface area contributed by atoms with Gasteiger partial charge in [-0.05, 0) is 38.7 Å². The number of nitrogens with zero attached hydrogens (tertiary/aromatic N) is 1. The predicted molar refractivity (Wildman–Crippen MR) is 105 cm³/mol. The van der Waals surface area contributed by atoms with Crippen molar-refractivity contribution >= 4 is 50.2 Å². The minimum atomic E-state index is -3.89. The van der Waals surface area contributed by atoms with Crippen LogP contribution in [-0.2, 0) is 16.4 Å². The highest BCUT2D eigenvalue weighted by Gasteiger charge is 2.29. The molecule has 0 unspecified atom stereocenters. The zero-order valence-electron chi connectivity index (χ0n) is 14.4. The number of halogens is 2. The van der Waals surface area contributed by atoms with E-state index in [0.717, 1.165) is 16.9 Å². The fourth-order valence-electron chi connectivity index (χ4n) is 2.75. The fraction of sp³-hybridized carbons (Fsp3) is 0.375. The van der Waals surface area contributed by atoms with Gasteiger partial charge in [-0.1, -0.05) is 23.2 Å². The summed E-state index contributed by atoms with van der Waals surface area (Å²) in [6, 6.07) is 4.84. The van der Waals surface area contributed by atoms with Crippen LogP contribution in [-0.4, -0.2) is 47.2 Å². The number of thiophene rings is 1. The highest BCUT2D eigenvalue weighted by Crippen LogP contribution is 2.42. The molecule has 3 rings (SSSR count). The molecule has 0 radical (unpaired) electrons. The summed E-state index contributed by atoms with van der Waals surface area (Å²) in [6.07, 6.45) is 0.687. The lowest BCUT2D eigenvalue weighted by molar-refractivity contribution is 0.164. The number of hydrogen-bond donors (Lipinski definition) is 1. The zero-order chi connectivity index (χ0) is 19.1. The highest BCUT2D eigenvalue weighted by molar-refractivity contribution is 7.93. The van der Waals surface area contributed by atoms with Crippen molar-refractivity contribution in [1.29, 1.82) is 0 Å². The lowest BCUT2D eigenvalue weighted by Gasteiger charge is -2.32. The molecular formula is C16H18Cl2N2O4S2. The minimum Gasteiger partial charge on any atom is -0.496 e. The summed E-state index contributed by atoms with van der Waals surface area (Å²) in [5.41, 5.74) is 1.17. The van der Waals surface area contributed by atoms with Crippen LogP contribution in [0.3, 0.4) is 0 Å². The summed E-state index contributed by atoms with van der Waals surface area (Å²) in [4.78, 5) is 2.01. The molecule has 1 aliphatic heterocycles. The smallest absolute Gasteiger partial charge is 0.264 e. The molecule has 0 amide bonds. The molecule has 0 saturated heterocycles. The van der Waals surface area contributed by atoms with E-state index in [1.807, 2.05) is 14.1 Å². The SMILES string of the molecule is COc1ccc(NS(=O)(=O)c2cc(Cl)sc2Cl)c2c1C[C@@H](N(C)C)CO2. The van der Waals surface area contributed by atoms with E-state index in [1.54, 1.807) is 19.2 Å². The van der Waals surface area contributed by atoms with Crippen molar-refractivity contribution in [3.05, 3.63) is 32.4 Å². The van der Waals surface area contributed by atoms with Crippen LogP contribution in [0.15, 0.2) is 23.1 Å². The summed E-state index contributed by atoms with van der Waals surface area (Å²) in [5.74, 6) is 1.13. The van der Waals surface area contributed by atoms with E-state index in [1.165, 1.54) is 6.07 Å². The van der Waals surface area contributed by atoms with Gasteiger partial charge >= 0.3 is 0 Å². The van der Waals surface area contributed by atoms with Gasteiger partial charge in [-0.25, -0.2) is 8.42 Å². The summed E-state index contributed by atoms with van der Waals surface area (Å²) in [5, 5.41) is 0. The third-order valence-electron chi connectivity index (χ3n) is 4.19. The Balaban J connectivity index is 1.99. The number of anilines is 1. The average molecular weight is 437 g/mol. The lowest BCUT2D eigenvalue weighted by Crippen LogP contribution is -2.38. The van der Waals surface area contributed by atoms with Crippen molar-refractivity contribution in [2.45, 2.75) is 17.4 Å². The molecule has 1 aliphatic rings. The van der Waals surface area contributed by atoms with Crippen LogP contribution in [0.5, 0.6) is 11.5 Å². The van der Waals surface area contributed by atoms with E-state index >= 15 is 0 Å². The third kappa shape index (κ3) is 3.75. The number of benzene rings is 1. The summed E-state index contributed by atoms with van der Waals surface area (Å²) in [7, 11) is 1.63.